The Morgan fingerprint density at radius 2 is 1.38 bits per heavy atom. The van der Waals surface area contributed by atoms with Crippen molar-refractivity contribution in [2.75, 3.05) is 0 Å². The first-order valence-corrected chi connectivity index (χ1v) is 33.4. The topological polar surface area (TPSA) is 25.8 Å². The molecule has 0 fully saturated rings. The Labute approximate surface area is 341 Å². The van der Waals surface area contributed by atoms with Crippen molar-refractivity contribution in [3.63, 3.8) is 0 Å². The van der Waals surface area contributed by atoms with Crippen molar-refractivity contribution in [1.82, 2.24) is 9.97 Å². The van der Waals surface area contributed by atoms with Crippen LogP contribution in [0.1, 0.15) is 23.2 Å². The molecule has 0 unspecified atom stereocenters. The second-order valence-corrected chi connectivity index (χ2v) is 39.0. The van der Waals surface area contributed by atoms with Gasteiger partial charge in [0.25, 0.3) is 0 Å². The van der Waals surface area contributed by atoms with Gasteiger partial charge >= 0.3 is 106 Å². The van der Waals surface area contributed by atoms with Gasteiger partial charge in [0, 0.05) is 54.1 Å². The van der Waals surface area contributed by atoms with Crippen LogP contribution in [-0.2, 0) is 20.1 Å². The number of benzene rings is 4. The van der Waals surface area contributed by atoms with Crippen LogP contribution in [0.3, 0.4) is 0 Å². The standard InChI is InChI=1S/C31H34NSSi2.C15H18GeN.Ir/c1-21-16-17-25-24-14-11-15-26(29(24)33-30(25)28(21)22-12-9-8-10-13-22)27-20-23(18-19-32-27)31(34(2,3)4)35(5,6)7;1-12-10-15(13-8-6-5-7-9-13)17-11-14(12)16(2,3)4;/h8-14,16-20,31H,1-7H3;5-8,10-11H,1-4H3;/q2*-1;/i31D;;. The van der Waals surface area contributed by atoms with Crippen LogP contribution in [0.25, 0.3) is 53.8 Å². The van der Waals surface area contributed by atoms with Crippen molar-refractivity contribution in [2.24, 2.45) is 0 Å². The maximum Gasteiger partial charge on any atom is 0.0493 e. The molecule has 3 aromatic heterocycles. The predicted molar refractivity (Wildman–Crippen MR) is 237 cm³/mol. The number of rotatable bonds is 7. The Balaban J connectivity index is 0.000000262. The summed E-state index contributed by atoms with van der Waals surface area (Å²) in [5.41, 5.74) is 10.4. The Morgan fingerprint density at radius 3 is 2.00 bits per heavy atom. The molecule has 3 heterocycles. The Morgan fingerprint density at radius 1 is 0.698 bits per heavy atom. The Kier molecular flexibility index (Phi) is 12.3. The number of nitrogens with zero attached hydrogens (tertiary/aromatic N) is 2. The van der Waals surface area contributed by atoms with E-state index >= 15 is 0 Å². The minimum Gasteiger partial charge on any atom is -0.305 e. The van der Waals surface area contributed by atoms with Crippen LogP contribution in [0.4, 0.5) is 0 Å². The number of aromatic nitrogens is 2. The molecule has 0 amide bonds. The predicted octanol–water partition coefficient (Wildman–Crippen LogP) is 13.1. The summed E-state index contributed by atoms with van der Waals surface area (Å²) in [7, 11) is -3.70. The number of pyridine rings is 2. The van der Waals surface area contributed by atoms with Crippen LogP contribution >= 0.6 is 11.3 Å². The van der Waals surface area contributed by atoms with Gasteiger partial charge < -0.3 is 4.98 Å². The van der Waals surface area contributed by atoms with E-state index < -0.39 is 34.6 Å². The van der Waals surface area contributed by atoms with Gasteiger partial charge in [-0.3, -0.25) is 0 Å². The van der Waals surface area contributed by atoms with E-state index in [1.807, 2.05) is 41.8 Å². The monoisotopic (exact) mass is 988 g/mol. The SMILES string of the molecule is Cc1cc(-c2[c-]cccc2)nc[c]1[Ge]([CH3])([CH3])[CH3].[2H]C(c1ccnc(-c2[c-]ccc3c2sc2c(-c4ccccc4)c(C)ccc23)c1)([Si](C)(C)C)[Si](C)(C)C.[Ir]. The largest absolute Gasteiger partial charge is 0.305 e. The molecule has 0 bridgehead atoms. The molecule has 53 heavy (non-hydrogen) atoms. The molecular weight excluding hydrogens is 934 g/mol. The molecule has 7 heteroatoms. The van der Waals surface area contributed by atoms with Gasteiger partial charge in [0.1, 0.15) is 0 Å². The summed E-state index contributed by atoms with van der Waals surface area (Å²) in [5.74, 6) is 7.20. The molecule has 2 nitrogen and oxygen atoms in total. The van der Waals surface area contributed by atoms with Crippen molar-refractivity contribution in [3.8, 4) is 33.6 Å². The molecule has 7 aromatic rings. The maximum atomic E-state index is 9.81. The summed E-state index contributed by atoms with van der Waals surface area (Å²) in [6.07, 6.45) is 3.99. The van der Waals surface area contributed by atoms with Gasteiger partial charge in [-0.1, -0.05) is 98.8 Å². The van der Waals surface area contributed by atoms with Gasteiger partial charge in [0.05, 0.1) is 0 Å². The molecule has 0 atom stereocenters. The van der Waals surface area contributed by atoms with E-state index in [0.717, 1.165) is 28.1 Å². The fourth-order valence-corrected chi connectivity index (χ4v) is 23.9. The van der Waals surface area contributed by atoms with E-state index in [1.54, 1.807) is 0 Å². The summed E-state index contributed by atoms with van der Waals surface area (Å²) in [4.78, 5) is 9.42. The first kappa shape index (κ1) is 39.7. The minimum atomic E-state index is -1.85. The van der Waals surface area contributed by atoms with Gasteiger partial charge in [-0.25, -0.2) is 0 Å². The Bertz CT molecular complexity index is 2380. The molecule has 0 saturated heterocycles. The van der Waals surface area contributed by atoms with Gasteiger partial charge in [0.15, 0.2) is 0 Å². The molecule has 0 saturated carbocycles. The van der Waals surface area contributed by atoms with Crippen LogP contribution < -0.4 is 4.40 Å². The van der Waals surface area contributed by atoms with Crippen molar-refractivity contribution in [3.05, 3.63) is 138 Å². The molecule has 0 N–H and O–H groups in total. The molecule has 7 rings (SSSR count). The van der Waals surface area contributed by atoms with Crippen LogP contribution in [0.5, 0.6) is 0 Å². The zero-order valence-corrected chi connectivity index (χ0v) is 40.3. The van der Waals surface area contributed by atoms with E-state index in [9.17, 15) is 1.37 Å². The first-order chi connectivity index (χ1) is 24.9. The molecule has 0 aliphatic carbocycles. The first-order valence-electron chi connectivity index (χ1n) is 18.7. The van der Waals surface area contributed by atoms with E-state index in [0.29, 0.717) is 0 Å². The van der Waals surface area contributed by atoms with Crippen LogP contribution in [0, 0.1) is 26.0 Å². The molecule has 0 aliphatic rings. The van der Waals surface area contributed by atoms with Gasteiger partial charge in [-0.15, -0.1) is 23.8 Å². The maximum absolute atomic E-state index is 9.81. The van der Waals surface area contributed by atoms with Crippen LogP contribution in [0.2, 0.25) is 56.6 Å². The van der Waals surface area contributed by atoms with Crippen molar-refractivity contribution in [2.45, 2.75) is 75.5 Å². The van der Waals surface area contributed by atoms with Gasteiger partial charge in [0.2, 0.25) is 0 Å². The van der Waals surface area contributed by atoms with E-state index in [-0.39, 0.29) is 20.1 Å². The van der Waals surface area contributed by atoms with Crippen LogP contribution in [0.15, 0.2) is 109 Å². The van der Waals surface area contributed by atoms with E-state index in [4.69, 9.17) is 4.98 Å². The molecule has 4 aromatic carbocycles. The summed E-state index contributed by atoms with van der Waals surface area (Å²) in [6.45, 7) is 18.4. The Hall–Kier alpha value is -2.97. The van der Waals surface area contributed by atoms with Crippen molar-refractivity contribution < 1.29 is 21.5 Å². The summed E-state index contributed by atoms with van der Waals surface area (Å²) in [6, 6.07) is 40.6. The van der Waals surface area contributed by atoms with Crippen molar-refractivity contribution >= 4 is 65.3 Å². The minimum absolute atomic E-state index is 0. The fraction of sp³-hybridized carbons (Fsp3) is 0.261. The molecule has 1 radical (unpaired) electrons. The quantitative estimate of drug-likeness (QED) is 0.117. The molecule has 275 valence electrons. The number of hydrogen-bond acceptors (Lipinski definition) is 3. The number of thiophene rings is 1. The average Bonchev–Trinajstić information content (AvgIpc) is 3.49. The van der Waals surface area contributed by atoms with Gasteiger partial charge in [-0.2, -0.15) is 11.3 Å². The summed E-state index contributed by atoms with van der Waals surface area (Å²) in [5, 5.41) is 2.02. The number of aryl methyl sites for hydroxylation is 2. The van der Waals surface area contributed by atoms with Crippen molar-refractivity contribution in [1.29, 1.82) is 0 Å². The van der Waals surface area contributed by atoms with E-state index in [2.05, 4.69) is 167 Å². The third-order valence-electron chi connectivity index (χ3n) is 9.58. The third kappa shape index (κ3) is 9.12. The zero-order valence-electron chi connectivity index (χ0n) is 34.0. The van der Waals surface area contributed by atoms with Crippen LogP contribution in [-0.4, -0.2) is 39.4 Å². The molecule has 0 aliphatic heterocycles. The third-order valence-corrected chi connectivity index (χ3v) is 23.4. The number of hydrogen-bond donors (Lipinski definition) is 0. The number of fused-ring (bicyclic) bond motifs is 3. The second kappa shape index (κ2) is 16.4. The molecule has 0 spiro atoms. The normalized spacial score (nSPS) is 12.5. The summed E-state index contributed by atoms with van der Waals surface area (Å²) < 4.78 is 13.8. The zero-order chi connectivity index (χ0) is 38.3. The smallest absolute Gasteiger partial charge is 0.0493 e. The molecular formula is C46H52GeIrN2SSi2-2. The van der Waals surface area contributed by atoms with Gasteiger partial charge in [-0.05, 0) is 45.0 Å². The summed E-state index contributed by atoms with van der Waals surface area (Å²) >= 11 is 0.0698. The van der Waals surface area contributed by atoms with E-state index in [1.165, 1.54) is 46.8 Å². The second-order valence-electron chi connectivity index (χ2n) is 16.9. The fourth-order valence-electron chi connectivity index (χ4n) is 7.81. The average molecular weight is 987 g/mol.